The van der Waals surface area contributed by atoms with Crippen LogP contribution in [0.3, 0.4) is 0 Å². The molecule has 0 fully saturated rings. The van der Waals surface area contributed by atoms with E-state index >= 15 is 0 Å². The van der Waals surface area contributed by atoms with E-state index in [0.717, 1.165) is 8.66 Å². The topological polar surface area (TPSA) is 67.4 Å². The van der Waals surface area contributed by atoms with Crippen LogP contribution in [0.2, 0.25) is 0 Å². The first-order valence-electron chi connectivity index (χ1n) is 5.73. The van der Waals surface area contributed by atoms with E-state index in [1.807, 2.05) is 12.1 Å². The Morgan fingerprint density at radius 3 is 2.84 bits per heavy atom. The van der Waals surface area contributed by atoms with E-state index in [9.17, 15) is 9.59 Å². The van der Waals surface area contributed by atoms with E-state index in [-0.39, 0.29) is 6.03 Å². The lowest BCUT2D eigenvalue weighted by atomic mass is 10.0. The summed E-state index contributed by atoms with van der Waals surface area (Å²) in [5, 5.41) is 5.34. The van der Waals surface area contributed by atoms with Crippen molar-refractivity contribution in [1.82, 2.24) is 10.6 Å². The molecule has 0 spiro atoms. The molecule has 2 N–H and O–H groups in total. The number of esters is 1. The van der Waals surface area contributed by atoms with Crippen LogP contribution >= 0.6 is 27.3 Å². The van der Waals surface area contributed by atoms with Crippen LogP contribution in [0, 0.1) is 0 Å². The third kappa shape index (κ3) is 2.98. The molecule has 2 rings (SSSR count). The van der Waals surface area contributed by atoms with E-state index in [4.69, 9.17) is 4.74 Å². The van der Waals surface area contributed by atoms with Crippen molar-refractivity contribution in [3.8, 4) is 0 Å². The minimum Gasteiger partial charge on any atom is -0.463 e. The fraction of sp³-hybridized carbons (Fsp3) is 0.333. The standard InChI is InChI=1S/C12H13BrN2O3S/c1-3-18-11(16)9-6(2)14-12(17)15-10(9)7-4-5-8(13)19-7/h4-5,10H,3H2,1-2H3,(H2,14,15,17)/t10-/m0/s1. The van der Waals surface area contributed by atoms with Gasteiger partial charge in [-0.3, -0.25) is 0 Å². The smallest absolute Gasteiger partial charge is 0.338 e. The Labute approximate surface area is 123 Å². The molecule has 0 unspecified atom stereocenters. The Balaban J connectivity index is 2.40. The lowest BCUT2D eigenvalue weighted by molar-refractivity contribution is -0.139. The van der Waals surface area contributed by atoms with Crippen molar-refractivity contribution >= 4 is 39.3 Å². The summed E-state index contributed by atoms with van der Waals surface area (Å²) in [5.41, 5.74) is 0.965. The number of ether oxygens (including phenoxy) is 1. The second-order valence-electron chi connectivity index (χ2n) is 3.93. The molecule has 19 heavy (non-hydrogen) atoms. The zero-order chi connectivity index (χ0) is 14.0. The van der Waals surface area contributed by atoms with Gasteiger partial charge in [-0.05, 0) is 41.9 Å². The van der Waals surface area contributed by atoms with Gasteiger partial charge >= 0.3 is 12.0 Å². The summed E-state index contributed by atoms with van der Waals surface area (Å²) >= 11 is 4.84. The maximum Gasteiger partial charge on any atom is 0.338 e. The van der Waals surface area contributed by atoms with E-state index in [1.165, 1.54) is 11.3 Å². The molecule has 0 radical (unpaired) electrons. The van der Waals surface area contributed by atoms with Crippen LogP contribution < -0.4 is 10.6 Å². The number of halogens is 1. The number of hydrogen-bond donors (Lipinski definition) is 2. The number of hydrogen-bond acceptors (Lipinski definition) is 4. The summed E-state index contributed by atoms with van der Waals surface area (Å²) in [5.74, 6) is -0.415. The van der Waals surface area contributed by atoms with Gasteiger partial charge in [0.1, 0.15) is 0 Å². The first kappa shape index (κ1) is 14.1. The van der Waals surface area contributed by atoms with Crippen LogP contribution in [-0.2, 0) is 9.53 Å². The van der Waals surface area contributed by atoms with Crippen LogP contribution in [0.4, 0.5) is 4.79 Å². The molecule has 0 bridgehead atoms. The van der Waals surface area contributed by atoms with Crippen molar-refractivity contribution in [2.24, 2.45) is 0 Å². The molecule has 0 saturated carbocycles. The molecule has 2 amide bonds. The normalized spacial score (nSPS) is 18.9. The van der Waals surface area contributed by atoms with Gasteiger partial charge in [0.25, 0.3) is 0 Å². The summed E-state index contributed by atoms with van der Waals surface area (Å²) in [6.45, 7) is 3.74. The van der Waals surface area contributed by atoms with Crippen molar-refractivity contribution in [3.63, 3.8) is 0 Å². The Morgan fingerprint density at radius 1 is 1.53 bits per heavy atom. The summed E-state index contributed by atoms with van der Waals surface area (Å²) in [6.07, 6.45) is 0. The molecule has 1 aromatic heterocycles. The Bertz CT molecular complexity index is 553. The Kier molecular flexibility index (Phi) is 4.26. The van der Waals surface area contributed by atoms with Crippen LogP contribution in [0.15, 0.2) is 27.2 Å². The zero-order valence-corrected chi connectivity index (χ0v) is 12.9. The number of amides is 2. The van der Waals surface area contributed by atoms with Gasteiger partial charge in [-0.15, -0.1) is 11.3 Å². The van der Waals surface area contributed by atoms with Crippen LogP contribution in [-0.4, -0.2) is 18.6 Å². The maximum absolute atomic E-state index is 12.0. The average molecular weight is 345 g/mol. The highest BCUT2D eigenvalue weighted by atomic mass is 79.9. The van der Waals surface area contributed by atoms with E-state index in [1.54, 1.807) is 13.8 Å². The average Bonchev–Trinajstić information content (AvgIpc) is 2.75. The Morgan fingerprint density at radius 2 is 2.26 bits per heavy atom. The molecule has 0 aromatic carbocycles. The first-order valence-corrected chi connectivity index (χ1v) is 7.34. The summed E-state index contributed by atoms with van der Waals surface area (Å²) in [4.78, 5) is 24.5. The third-order valence-electron chi connectivity index (χ3n) is 2.64. The molecule has 102 valence electrons. The number of nitrogens with one attached hydrogen (secondary N) is 2. The monoisotopic (exact) mass is 344 g/mol. The first-order chi connectivity index (χ1) is 9.02. The predicted molar refractivity (Wildman–Crippen MR) is 75.8 cm³/mol. The molecule has 0 aliphatic carbocycles. The minimum atomic E-state index is -0.468. The molecule has 1 aromatic rings. The van der Waals surface area contributed by atoms with Crippen molar-refractivity contribution in [2.75, 3.05) is 6.61 Å². The lowest BCUT2D eigenvalue weighted by Crippen LogP contribution is -2.45. The largest absolute Gasteiger partial charge is 0.463 e. The number of carbonyl (C=O) groups excluding carboxylic acids is 2. The van der Waals surface area contributed by atoms with E-state index < -0.39 is 12.0 Å². The molecule has 2 heterocycles. The molecule has 5 nitrogen and oxygen atoms in total. The highest BCUT2D eigenvalue weighted by molar-refractivity contribution is 9.11. The van der Waals surface area contributed by atoms with Gasteiger partial charge in [0, 0.05) is 10.6 Å². The zero-order valence-electron chi connectivity index (χ0n) is 10.5. The quantitative estimate of drug-likeness (QED) is 0.828. The molecule has 7 heteroatoms. The van der Waals surface area contributed by atoms with Crippen molar-refractivity contribution < 1.29 is 14.3 Å². The van der Waals surface area contributed by atoms with Crippen LogP contribution in [0.1, 0.15) is 24.8 Å². The van der Waals surface area contributed by atoms with Gasteiger partial charge in [0.05, 0.1) is 22.0 Å². The number of carbonyl (C=O) groups is 2. The van der Waals surface area contributed by atoms with E-state index in [2.05, 4.69) is 26.6 Å². The second-order valence-corrected chi connectivity index (χ2v) is 6.43. The fourth-order valence-corrected chi connectivity index (χ4v) is 3.35. The highest BCUT2D eigenvalue weighted by Gasteiger charge is 2.32. The van der Waals surface area contributed by atoms with Crippen molar-refractivity contribution in [3.05, 3.63) is 32.1 Å². The van der Waals surface area contributed by atoms with Gasteiger partial charge < -0.3 is 15.4 Å². The molecule has 1 aliphatic rings. The summed E-state index contributed by atoms with van der Waals surface area (Å²) in [6, 6.07) is 2.97. The lowest BCUT2D eigenvalue weighted by Gasteiger charge is -2.26. The molecule has 0 saturated heterocycles. The van der Waals surface area contributed by atoms with Crippen LogP contribution in [0.25, 0.3) is 0 Å². The molecule has 1 atom stereocenters. The summed E-state index contributed by atoms with van der Waals surface area (Å²) < 4.78 is 5.99. The Hall–Kier alpha value is -1.34. The van der Waals surface area contributed by atoms with Crippen molar-refractivity contribution in [2.45, 2.75) is 19.9 Å². The molecule has 1 aliphatic heterocycles. The van der Waals surface area contributed by atoms with Gasteiger partial charge in [0.2, 0.25) is 0 Å². The van der Waals surface area contributed by atoms with Gasteiger partial charge in [-0.1, -0.05) is 0 Å². The SMILES string of the molecule is CCOC(=O)C1=C(C)NC(=O)N[C@H]1c1ccc(Br)s1. The van der Waals surface area contributed by atoms with Gasteiger partial charge in [0.15, 0.2) is 0 Å². The van der Waals surface area contributed by atoms with Crippen LogP contribution in [0.5, 0.6) is 0 Å². The second kappa shape index (κ2) is 5.75. The third-order valence-corrected chi connectivity index (χ3v) is 4.33. The van der Waals surface area contributed by atoms with Gasteiger partial charge in [-0.25, -0.2) is 9.59 Å². The molecular formula is C12H13BrN2O3S. The number of rotatable bonds is 3. The predicted octanol–water partition coefficient (Wildman–Crippen LogP) is 2.70. The molecular weight excluding hydrogens is 332 g/mol. The number of thiophene rings is 1. The van der Waals surface area contributed by atoms with Crippen molar-refractivity contribution in [1.29, 1.82) is 0 Å². The fourth-order valence-electron chi connectivity index (χ4n) is 1.87. The number of allylic oxidation sites excluding steroid dienone is 1. The van der Waals surface area contributed by atoms with Gasteiger partial charge in [-0.2, -0.15) is 0 Å². The summed E-state index contributed by atoms with van der Waals surface area (Å²) in [7, 11) is 0. The minimum absolute atomic E-state index is 0.296. The number of urea groups is 1. The maximum atomic E-state index is 12.0. The van der Waals surface area contributed by atoms with E-state index in [0.29, 0.717) is 17.9 Å². The highest BCUT2D eigenvalue weighted by Crippen LogP contribution is 2.34.